The highest BCUT2D eigenvalue weighted by molar-refractivity contribution is 9.10. The predicted molar refractivity (Wildman–Crippen MR) is 68.3 cm³/mol. The molecule has 1 aromatic carbocycles. The molecule has 5 nitrogen and oxygen atoms in total. The Morgan fingerprint density at radius 2 is 2.18 bits per heavy atom. The number of halogens is 1. The van der Waals surface area contributed by atoms with Gasteiger partial charge in [0.15, 0.2) is 0 Å². The first-order valence-electron chi connectivity index (χ1n) is 5.07. The maximum absolute atomic E-state index is 11.2. The van der Waals surface area contributed by atoms with E-state index in [4.69, 9.17) is 5.73 Å². The summed E-state index contributed by atoms with van der Waals surface area (Å²) in [6.45, 7) is 1.97. The van der Waals surface area contributed by atoms with Crippen molar-refractivity contribution in [2.24, 2.45) is 5.73 Å². The lowest BCUT2D eigenvalue weighted by Gasteiger charge is -2.13. The zero-order chi connectivity index (χ0) is 12.8. The molecule has 0 aliphatic carbocycles. The molecule has 92 valence electrons. The van der Waals surface area contributed by atoms with Crippen LogP contribution >= 0.6 is 15.9 Å². The lowest BCUT2D eigenvalue weighted by Crippen LogP contribution is -2.41. The van der Waals surface area contributed by atoms with Gasteiger partial charge in [-0.3, -0.25) is 10.1 Å². The molecule has 0 aliphatic rings. The van der Waals surface area contributed by atoms with Crippen molar-refractivity contribution in [2.75, 3.05) is 6.54 Å². The summed E-state index contributed by atoms with van der Waals surface area (Å²) in [5.41, 5.74) is 5.87. The highest BCUT2D eigenvalue weighted by Gasteiger charge is 2.08. The molecule has 1 unspecified atom stereocenters. The minimum Gasteiger partial charge on any atom is -0.351 e. The van der Waals surface area contributed by atoms with Crippen LogP contribution in [-0.4, -0.2) is 18.5 Å². The van der Waals surface area contributed by atoms with Crippen LogP contribution in [-0.2, 0) is 4.79 Å². The molecule has 0 radical (unpaired) electrons. The monoisotopic (exact) mass is 299 g/mol. The van der Waals surface area contributed by atoms with Crippen molar-refractivity contribution in [3.05, 3.63) is 34.3 Å². The van der Waals surface area contributed by atoms with Gasteiger partial charge in [0.25, 0.3) is 0 Å². The number of nitrogens with one attached hydrogen (secondary N) is 2. The van der Waals surface area contributed by atoms with Gasteiger partial charge in [0.05, 0.1) is 6.54 Å². The Morgan fingerprint density at radius 3 is 2.76 bits per heavy atom. The van der Waals surface area contributed by atoms with Crippen LogP contribution in [0.3, 0.4) is 0 Å². The molecule has 0 aliphatic heterocycles. The van der Waals surface area contributed by atoms with Crippen molar-refractivity contribution in [3.8, 4) is 0 Å². The van der Waals surface area contributed by atoms with Crippen LogP contribution in [0, 0.1) is 0 Å². The van der Waals surface area contributed by atoms with Crippen LogP contribution in [0.5, 0.6) is 0 Å². The van der Waals surface area contributed by atoms with Gasteiger partial charge in [0, 0.05) is 10.5 Å². The van der Waals surface area contributed by atoms with Crippen molar-refractivity contribution in [3.63, 3.8) is 0 Å². The summed E-state index contributed by atoms with van der Waals surface area (Å²) in [7, 11) is 0. The number of hydrogen-bond acceptors (Lipinski definition) is 3. The third-order valence-corrected chi connectivity index (χ3v) is 2.67. The van der Waals surface area contributed by atoms with Gasteiger partial charge in [0.2, 0.25) is 5.91 Å². The first-order valence-corrected chi connectivity index (χ1v) is 5.86. The maximum atomic E-state index is 11.2. The zero-order valence-corrected chi connectivity index (χ0v) is 11.0. The molecule has 1 aromatic rings. The van der Waals surface area contributed by atoms with Gasteiger partial charge < -0.3 is 11.1 Å². The average Bonchev–Trinajstić information content (AvgIpc) is 2.25. The van der Waals surface area contributed by atoms with Gasteiger partial charge in [-0.05, 0) is 24.6 Å². The second-order valence-corrected chi connectivity index (χ2v) is 4.49. The van der Waals surface area contributed by atoms with E-state index in [-0.39, 0.29) is 12.6 Å². The summed E-state index contributed by atoms with van der Waals surface area (Å²) in [5.74, 6) is -0.445. The number of nitrogens with two attached hydrogens (primary N) is 1. The Hall–Kier alpha value is -1.40. The van der Waals surface area contributed by atoms with Crippen LogP contribution in [0.4, 0.5) is 4.79 Å². The molecule has 6 heteroatoms. The largest absolute Gasteiger partial charge is 0.351 e. The van der Waals surface area contributed by atoms with Gasteiger partial charge in [-0.25, -0.2) is 4.79 Å². The molecule has 0 fully saturated rings. The molecule has 0 spiro atoms. The number of hydrogen-bond donors (Lipinski definition) is 3. The number of amides is 3. The van der Waals surface area contributed by atoms with Crippen molar-refractivity contribution in [1.29, 1.82) is 0 Å². The molecular formula is C11H14BrN3O2. The van der Waals surface area contributed by atoms with E-state index in [9.17, 15) is 9.59 Å². The quantitative estimate of drug-likeness (QED) is 0.783. The SMILES string of the molecule is CC(NCC(=O)NC(N)=O)c1cccc(Br)c1. The number of carbonyl (C=O) groups is 2. The number of carbonyl (C=O) groups excluding carboxylic acids is 2. The maximum Gasteiger partial charge on any atom is 0.318 e. The smallest absolute Gasteiger partial charge is 0.318 e. The van der Waals surface area contributed by atoms with E-state index in [1.54, 1.807) is 0 Å². The summed E-state index contributed by atoms with van der Waals surface area (Å²) in [6, 6.07) is 6.92. The van der Waals surface area contributed by atoms with Crippen molar-refractivity contribution in [1.82, 2.24) is 10.6 Å². The molecule has 0 aromatic heterocycles. The van der Waals surface area contributed by atoms with Crippen molar-refractivity contribution in [2.45, 2.75) is 13.0 Å². The van der Waals surface area contributed by atoms with Crippen molar-refractivity contribution < 1.29 is 9.59 Å². The fourth-order valence-corrected chi connectivity index (χ4v) is 1.74. The molecular weight excluding hydrogens is 286 g/mol. The second kappa shape index (κ2) is 6.36. The van der Waals surface area contributed by atoms with Gasteiger partial charge in [0.1, 0.15) is 0 Å². The Bertz CT molecular complexity index is 423. The molecule has 0 saturated carbocycles. The molecule has 4 N–H and O–H groups in total. The van der Waals surface area contributed by atoms with Crippen molar-refractivity contribution >= 4 is 27.9 Å². The number of primary amides is 1. The minimum atomic E-state index is -0.841. The summed E-state index contributed by atoms with van der Waals surface area (Å²) < 4.78 is 0.977. The Kier molecular flexibility index (Phi) is 5.11. The number of benzene rings is 1. The van der Waals surface area contributed by atoms with E-state index >= 15 is 0 Å². The number of imide groups is 1. The summed E-state index contributed by atoms with van der Waals surface area (Å²) in [6.07, 6.45) is 0. The van der Waals surface area contributed by atoms with E-state index in [0.29, 0.717) is 0 Å². The molecule has 3 amide bonds. The lowest BCUT2D eigenvalue weighted by molar-refractivity contribution is -0.119. The third kappa shape index (κ3) is 4.97. The standard InChI is InChI=1S/C11H14BrN3O2/c1-7(8-3-2-4-9(12)5-8)14-6-10(16)15-11(13)17/h2-5,7,14H,6H2,1H3,(H3,13,15,16,17). The van der Waals surface area contributed by atoms with E-state index in [1.165, 1.54) is 0 Å². The lowest BCUT2D eigenvalue weighted by atomic mass is 10.1. The van der Waals surface area contributed by atoms with Gasteiger partial charge in [-0.2, -0.15) is 0 Å². The van der Waals surface area contributed by atoms with Crippen LogP contribution in [0.1, 0.15) is 18.5 Å². The first kappa shape index (κ1) is 13.7. The molecule has 0 heterocycles. The number of urea groups is 1. The first-order chi connectivity index (χ1) is 7.99. The van der Waals surface area contributed by atoms with Crippen LogP contribution < -0.4 is 16.4 Å². The molecule has 17 heavy (non-hydrogen) atoms. The van der Waals surface area contributed by atoms with E-state index in [1.807, 2.05) is 36.5 Å². The fourth-order valence-electron chi connectivity index (χ4n) is 1.32. The summed E-state index contributed by atoms with van der Waals surface area (Å²) in [5, 5.41) is 4.98. The Balaban J connectivity index is 2.47. The molecule has 1 atom stereocenters. The normalized spacial score (nSPS) is 11.9. The number of rotatable bonds is 4. The van der Waals surface area contributed by atoms with Crippen LogP contribution in [0.15, 0.2) is 28.7 Å². The van der Waals surface area contributed by atoms with Gasteiger partial charge >= 0.3 is 6.03 Å². The highest BCUT2D eigenvalue weighted by atomic mass is 79.9. The van der Waals surface area contributed by atoms with E-state index in [0.717, 1.165) is 10.0 Å². The van der Waals surface area contributed by atoms with Crippen LogP contribution in [0.25, 0.3) is 0 Å². The summed E-state index contributed by atoms with van der Waals surface area (Å²) >= 11 is 3.37. The van der Waals surface area contributed by atoms with Gasteiger partial charge in [-0.1, -0.05) is 28.1 Å². The third-order valence-electron chi connectivity index (χ3n) is 2.18. The fraction of sp³-hybridized carbons (Fsp3) is 0.273. The van der Waals surface area contributed by atoms with Crippen LogP contribution in [0.2, 0.25) is 0 Å². The van der Waals surface area contributed by atoms with E-state index < -0.39 is 11.9 Å². The Morgan fingerprint density at radius 1 is 1.47 bits per heavy atom. The van der Waals surface area contributed by atoms with Gasteiger partial charge in [-0.15, -0.1) is 0 Å². The summed E-state index contributed by atoms with van der Waals surface area (Å²) in [4.78, 5) is 21.6. The Labute approximate surface area is 108 Å². The zero-order valence-electron chi connectivity index (χ0n) is 9.37. The highest BCUT2D eigenvalue weighted by Crippen LogP contribution is 2.17. The molecule has 1 rings (SSSR count). The average molecular weight is 300 g/mol. The van der Waals surface area contributed by atoms with E-state index in [2.05, 4.69) is 21.2 Å². The molecule has 0 bridgehead atoms. The second-order valence-electron chi connectivity index (χ2n) is 3.57. The topological polar surface area (TPSA) is 84.2 Å². The molecule has 0 saturated heterocycles. The predicted octanol–water partition coefficient (Wildman–Crippen LogP) is 1.29. The minimum absolute atomic E-state index is 0.00567.